The molecule has 19 heteroatoms. The number of aromatic amines is 1. The summed E-state index contributed by atoms with van der Waals surface area (Å²) in [6.07, 6.45) is 9.64. The van der Waals surface area contributed by atoms with Crippen molar-refractivity contribution in [2.75, 3.05) is 69.4 Å². The Morgan fingerprint density at radius 3 is 2.54 bits per heavy atom. The highest BCUT2D eigenvalue weighted by atomic mass is 32.2. The van der Waals surface area contributed by atoms with E-state index in [9.17, 15) is 28.4 Å². The number of sulfonamides is 1. The average molecular weight is 1030 g/mol. The minimum Gasteiger partial charge on any atom is -0.489 e. The smallest absolute Gasteiger partial charge is 0.297 e. The van der Waals surface area contributed by atoms with E-state index in [0.717, 1.165) is 50.8 Å². The number of rotatable bonds is 14. The summed E-state index contributed by atoms with van der Waals surface area (Å²) in [6.45, 7) is 11.6. The molecule has 18 nitrogen and oxygen atoms in total. The van der Waals surface area contributed by atoms with Crippen molar-refractivity contribution in [2.24, 2.45) is 11.3 Å². The van der Waals surface area contributed by atoms with Gasteiger partial charge in [-0.05, 0) is 117 Å². The molecule has 5 fully saturated rings. The number of nitro groups is 1. The van der Waals surface area contributed by atoms with Crippen LogP contribution in [0.1, 0.15) is 112 Å². The van der Waals surface area contributed by atoms with Crippen molar-refractivity contribution in [2.45, 2.75) is 119 Å². The number of aromatic nitrogens is 2. The maximum atomic E-state index is 14.5. The number of hydrogen-bond acceptors (Lipinski definition) is 15. The predicted octanol–water partition coefficient (Wildman–Crippen LogP) is 8.65. The van der Waals surface area contributed by atoms with E-state index in [-0.39, 0.29) is 71.1 Å². The van der Waals surface area contributed by atoms with Gasteiger partial charge in [0, 0.05) is 67.7 Å². The van der Waals surface area contributed by atoms with Crippen LogP contribution >= 0.6 is 0 Å². The molecule has 4 N–H and O–H groups in total. The van der Waals surface area contributed by atoms with E-state index in [1.807, 2.05) is 6.07 Å². The Hall–Kier alpha value is -5.99. The zero-order valence-corrected chi connectivity index (χ0v) is 43.2. The first kappa shape index (κ1) is 50.2. The molecule has 2 aliphatic carbocycles. The van der Waals surface area contributed by atoms with Crippen molar-refractivity contribution < 1.29 is 46.9 Å². The highest BCUT2D eigenvalue weighted by Gasteiger charge is 2.49. The van der Waals surface area contributed by atoms with Crippen LogP contribution in [0.5, 0.6) is 23.1 Å². The quantitative estimate of drug-likeness (QED) is 0.0604. The summed E-state index contributed by atoms with van der Waals surface area (Å²) in [5, 5.41) is 27.0. The highest BCUT2D eigenvalue weighted by Crippen LogP contribution is 2.50. The van der Waals surface area contributed by atoms with Gasteiger partial charge >= 0.3 is 0 Å². The maximum Gasteiger partial charge on any atom is 0.297 e. The number of nitrogens with one attached hydrogen (secondary N) is 3. The van der Waals surface area contributed by atoms with E-state index < -0.39 is 37.0 Å². The summed E-state index contributed by atoms with van der Waals surface area (Å²) < 4.78 is 60.9. The van der Waals surface area contributed by atoms with Crippen LogP contribution in [0.4, 0.5) is 17.1 Å². The molecule has 2 aromatic heterocycles. The molecule has 11 rings (SSSR count). The van der Waals surface area contributed by atoms with Gasteiger partial charge in [0.25, 0.3) is 27.5 Å². The number of piperidine rings is 1. The third-order valence-electron chi connectivity index (χ3n) is 16.6. The van der Waals surface area contributed by atoms with Crippen LogP contribution in [0.25, 0.3) is 11.0 Å². The molecule has 4 aliphatic heterocycles. The lowest BCUT2D eigenvalue weighted by atomic mass is 9.70. The summed E-state index contributed by atoms with van der Waals surface area (Å²) in [5.74, 6) is 0.448. The molecule has 4 atom stereocenters. The molecule has 1 spiro atoms. The number of amides is 1. The summed E-state index contributed by atoms with van der Waals surface area (Å²) in [6, 6.07) is 20.1. The van der Waals surface area contributed by atoms with Crippen LogP contribution in [0.2, 0.25) is 0 Å². The third kappa shape index (κ3) is 10.2. The SMILES string of the molecule is CC(C)c1ccccc1[C@H]1CCC[C@H]1N1CC2(CCN(c3ccc(C(=O)NS(=O)(=O)c4cc5c(c([N+](=O)[O-])c4)N[C@@H](C4CCC(C)(O)CC4)CO5)c(Oc4cc5cc[nH]c5nc4OC[C@@H]4COCCO4)c3)CC2)C1. The van der Waals surface area contributed by atoms with Crippen molar-refractivity contribution in [3.8, 4) is 23.1 Å². The molecular formula is C55H67N7O11S. The van der Waals surface area contributed by atoms with E-state index in [4.69, 9.17) is 28.7 Å². The topological polar surface area (TPSA) is 220 Å². The monoisotopic (exact) mass is 1030 g/mol. The fraction of sp³-hybridized carbons (Fsp3) is 0.527. The van der Waals surface area contributed by atoms with Gasteiger partial charge in [-0.3, -0.25) is 19.8 Å². The fourth-order valence-corrected chi connectivity index (χ4v) is 13.4. The number of nitro benzene ring substituents is 1. The molecule has 394 valence electrons. The number of likely N-dealkylation sites (tertiary alicyclic amines) is 1. The van der Waals surface area contributed by atoms with E-state index in [0.29, 0.717) is 74.4 Å². The van der Waals surface area contributed by atoms with Crippen molar-refractivity contribution in [1.29, 1.82) is 0 Å². The molecular weight excluding hydrogens is 967 g/mol. The number of ether oxygens (including phenoxy) is 5. The first-order valence-electron chi connectivity index (χ1n) is 26.3. The number of carbonyl (C=O) groups is 1. The van der Waals surface area contributed by atoms with E-state index in [1.54, 1.807) is 37.4 Å². The van der Waals surface area contributed by atoms with Gasteiger partial charge in [0.1, 0.15) is 30.7 Å². The standard InChI is InChI=1S/C55H67N7O11S/c1-34(2)40-7-4-5-8-41(40)42-9-6-10-45(42)61-32-55(33-61)18-21-60(22-19-55)37-11-12-43(47(26-37)73-49-25-36-15-20-56-51(36)58-53(49)72-30-38-29-69-23-24-70-38)52(63)59-74(67,68)39-27-46(62(65)66)50-48(28-39)71-31-44(57-50)35-13-16-54(3,64)17-14-35/h4-5,7-8,11-12,15,20,25-28,34-35,38,42,44-45,57,64H,6,9-10,13-14,16-19,21-24,29-33H2,1-3H3,(H,56,58)(H,59,63)/t35?,38-,42+,44+,45+,54?/m0/s1. The molecule has 6 heterocycles. The largest absolute Gasteiger partial charge is 0.489 e. The minimum absolute atomic E-state index is 0.0158. The highest BCUT2D eigenvalue weighted by molar-refractivity contribution is 7.90. The second-order valence-corrected chi connectivity index (χ2v) is 23.7. The molecule has 0 bridgehead atoms. The second-order valence-electron chi connectivity index (χ2n) is 22.1. The van der Waals surface area contributed by atoms with Gasteiger partial charge in [0.15, 0.2) is 17.2 Å². The zero-order valence-electron chi connectivity index (χ0n) is 42.3. The molecule has 3 aromatic carbocycles. The lowest BCUT2D eigenvalue weighted by Crippen LogP contribution is -2.63. The molecule has 1 amide bonds. The van der Waals surface area contributed by atoms with Gasteiger partial charge in [-0.1, -0.05) is 44.5 Å². The number of carbonyl (C=O) groups excluding carboxylic acids is 1. The predicted molar refractivity (Wildman–Crippen MR) is 278 cm³/mol. The van der Waals surface area contributed by atoms with E-state index in [2.05, 4.69) is 62.9 Å². The molecule has 2 saturated carbocycles. The van der Waals surface area contributed by atoms with Gasteiger partial charge < -0.3 is 44.0 Å². The second kappa shape index (κ2) is 20.3. The van der Waals surface area contributed by atoms with E-state index >= 15 is 0 Å². The molecule has 3 saturated heterocycles. The summed E-state index contributed by atoms with van der Waals surface area (Å²) >= 11 is 0. The minimum atomic E-state index is -4.74. The van der Waals surface area contributed by atoms with Gasteiger partial charge in [-0.2, -0.15) is 4.98 Å². The Morgan fingerprint density at radius 1 is 0.986 bits per heavy atom. The Bertz CT molecular complexity index is 3000. The number of aliphatic hydroxyl groups is 1. The first-order valence-corrected chi connectivity index (χ1v) is 27.8. The van der Waals surface area contributed by atoms with Gasteiger partial charge in [-0.25, -0.2) is 13.1 Å². The van der Waals surface area contributed by atoms with Gasteiger partial charge in [-0.15, -0.1) is 0 Å². The molecule has 6 aliphatic rings. The normalized spacial score (nSPS) is 26.0. The van der Waals surface area contributed by atoms with Crippen LogP contribution < -0.4 is 29.1 Å². The fourth-order valence-electron chi connectivity index (χ4n) is 12.4. The number of anilines is 2. The van der Waals surface area contributed by atoms with Crippen LogP contribution in [0, 0.1) is 21.4 Å². The Morgan fingerprint density at radius 2 is 1.78 bits per heavy atom. The van der Waals surface area contributed by atoms with Gasteiger partial charge in [0.2, 0.25) is 0 Å². The van der Waals surface area contributed by atoms with Crippen molar-refractivity contribution in [3.05, 3.63) is 99.7 Å². The third-order valence-corrected chi connectivity index (χ3v) is 17.9. The molecule has 5 aromatic rings. The van der Waals surface area contributed by atoms with Crippen LogP contribution in [0.15, 0.2) is 77.8 Å². The number of hydrogen-bond donors (Lipinski definition) is 4. The van der Waals surface area contributed by atoms with E-state index in [1.165, 1.54) is 36.5 Å². The van der Waals surface area contributed by atoms with Crippen LogP contribution in [-0.2, 0) is 19.5 Å². The number of fused-ring (bicyclic) bond motifs is 2. The Kier molecular flexibility index (Phi) is 13.7. The summed E-state index contributed by atoms with van der Waals surface area (Å²) in [4.78, 5) is 38.6. The Balaban J connectivity index is 0.843. The van der Waals surface area contributed by atoms with Crippen molar-refractivity contribution in [3.63, 3.8) is 0 Å². The number of H-pyrrole nitrogens is 1. The molecule has 0 radical (unpaired) electrons. The molecule has 0 unspecified atom stereocenters. The molecule has 74 heavy (non-hydrogen) atoms. The lowest BCUT2D eigenvalue weighted by Gasteiger charge is -2.57. The van der Waals surface area contributed by atoms with Crippen LogP contribution in [0.3, 0.4) is 0 Å². The number of nitrogens with zero attached hydrogens (tertiary/aromatic N) is 4. The lowest BCUT2D eigenvalue weighted by molar-refractivity contribution is -0.384. The average Bonchev–Trinajstić information content (AvgIpc) is 4.07. The maximum absolute atomic E-state index is 14.5. The summed E-state index contributed by atoms with van der Waals surface area (Å²) in [7, 11) is -4.74. The van der Waals surface area contributed by atoms with Crippen molar-refractivity contribution >= 4 is 44.0 Å². The zero-order chi connectivity index (χ0) is 51.4. The number of pyridine rings is 1. The van der Waals surface area contributed by atoms with Gasteiger partial charge in [0.05, 0.1) is 46.8 Å². The number of benzene rings is 3. The first-order chi connectivity index (χ1) is 35.6. The van der Waals surface area contributed by atoms with Crippen LogP contribution in [-0.4, -0.2) is 122 Å². The van der Waals surface area contributed by atoms with Crippen molar-refractivity contribution in [1.82, 2.24) is 19.6 Å². The Labute approximate surface area is 431 Å². The summed E-state index contributed by atoms with van der Waals surface area (Å²) in [5.41, 5.74) is 3.24.